The summed E-state index contributed by atoms with van der Waals surface area (Å²) in [4.78, 5) is 49.5. The second kappa shape index (κ2) is 13.4. The molecule has 7 N–H and O–H groups in total. The molecular formula is C22H42N4O6. The van der Waals surface area contributed by atoms with Gasteiger partial charge in [-0.15, -0.1) is 0 Å². The molecule has 10 heteroatoms. The van der Waals surface area contributed by atoms with Crippen LogP contribution in [0.15, 0.2) is 0 Å². The summed E-state index contributed by atoms with van der Waals surface area (Å²) >= 11 is 0. The lowest BCUT2D eigenvalue weighted by molar-refractivity contribution is -0.144. The first-order chi connectivity index (χ1) is 14.6. The number of aliphatic carboxylic acids is 1. The number of aliphatic hydroxyl groups is 1. The Hall–Kier alpha value is -2.20. The minimum absolute atomic E-state index is 0.183. The normalized spacial score (nSPS) is 16.4. The largest absolute Gasteiger partial charge is 0.480 e. The van der Waals surface area contributed by atoms with Crippen LogP contribution >= 0.6 is 0 Å². The van der Waals surface area contributed by atoms with E-state index in [9.17, 15) is 29.4 Å². The summed E-state index contributed by atoms with van der Waals surface area (Å²) in [6.45, 7) is 14.0. The number of nitrogens with one attached hydrogen (secondary N) is 3. The van der Waals surface area contributed by atoms with Gasteiger partial charge in [-0.2, -0.15) is 0 Å². The van der Waals surface area contributed by atoms with Gasteiger partial charge in [0.15, 0.2) is 0 Å². The molecule has 32 heavy (non-hydrogen) atoms. The maximum Gasteiger partial charge on any atom is 0.326 e. The standard InChI is InChI=1S/C22H42N4O6/c1-10(2)9-14(23)18(27)21(30)25-16(12(5)6)19(28)24-15(11(3)4)20(29)26-17(13(7)8)22(31)32/h10-18,27H,9,23H2,1-8H3,(H,24,28)(H,25,30)(H,26,29)(H,31,32). The molecule has 0 aliphatic rings. The van der Waals surface area contributed by atoms with Gasteiger partial charge in [-0.25, -0.2) is 4.79 Å². The van der Waals surface area contributed by atoms with E-state index >= 15 is 0 Å². The average Bonchev–Trinajstić information content (AvgIpc) is 2.65. The minimum Gasteiger partial charge on any atom is -0.480 e. The molecule has 5 unspecified atom stereocenters. The molecule has 0 rings (SSSR count). The van der Waals surface area contributed by atoms with E-state index in [1.54, 1.807) is 41.5 Å². The Morgan fingerprint density at radius 2 is 1.03 bits per heavy atom. The van der Waals surface area contributed by atoms with Gasteiger partial charge in [-0.05, 0) is 30.1 Å². The van der Waals surface area contributed by atoms with E-state index < -0.39 is 54.0 Å². The van der Waals surface area contributed by atoms with Crippen molar-refractivity contribution >= 4 is 23.7 Å². The van der Waals surface area contributed by atoms with E-state index in [0.717, 1.165) is 0 Å². The molecule has 186 valence electrons. The molecule has 0 saturated heterocycles. The van der Waals surface area contributed by atoms with Crippen molar-refractivity contribution in [2.24, 2.45) is 29.4 Å². The molecule has 0 aliphatic carbocycles. The lowest BCUT2D eigenvalue weighted by Gasteiger charge is -2.29. The summed E-state index contributed by atoms with van der Waals surface area (Å²) < 4.78 is 0. The van der Waals surface area contributed by atoms with Crippen molar-refractivity contribution in [1.29, 1.82) is 0 Å². The van der Waals surface area contributed by atoms with Crippen molar-refractivity contribution in [1.82, 2.24) is 16.0 Å². The number of carboxylic acid groups (broad SMARTS) is 1. The highest BCUT2D eigenvalue weighted by molar-refractivity contribution is 5.94. The number of rotatable bonds is 13. The molecule has 0 heterocycles. The number of carbonyl (C=O) groups excluding carboxylic acids is 3. The first kappa shape index (κ1) is 29.8. The maximum absolute atomic E-state index is 12.9. The number of hydrogen-bond donors (Lipinski definition) is 6. The Balaban J connectivity index is 5.39. The van der Waals surface area contributed by atoms with Crippen LogP contribution in [0.1, 0.15) is 61.8 Å². The molecule has 0 aromatic rings. The van der Waals surface area contributed by atoms with Crippen molar-refractivity contribution in [2.75, 3.05) is 0 Å². The third kappa shape index (κ3) is 9.52. The lowest BCUT2D eigenvalue weighted by Crippen LogP contribution is -2.60. The molecular weight excluding hydrogens is 416 g/mol. The number of amides is 3. The zero-order valence-corrected chi connectivity index (χ0v) is 20.5. The van der Waals surface area contributed by atoms with Gasteiger partial charge >= 0.3 is 5.97 Å². The van der Waals surface area contributed by atoms with Crippen LogP contribution in [0.4, 0.5) is 0 Å². The topological polar surface area (TPSA) is 171 Å². The fraction of sp³-hybridized carbons (Fsp3) is 0.818. The number of hydrogen-bond acceptors (Lipinski definition) is 6. The highest BCUT2D eigenvalue weighted by Crippen LogP contribution is 2.11. The van der Waals surface area contributed by atoms with E-state index in [2.05, 4.69) is 16.0 Å². The molecule has 10 nitrogen and oxygen atoms in total. The van der Waals surface area contributed by atoms with Crippen LogP contribution in [0.2, 0.25) is 0 Å². The monoisotopic (exact) mass is 458 g/mol. The van der Waals surface area contributed by atoms with Crippen LogP contribution in [0.5, 0.6) is 0 Å². The van der Waals surface area contributed by atoms with Crippen molar-refractivity contribution in [2.45, 2.75) is 92.1 Å². The van der Waals surface area contributed by atoms with Gasteiger partial charge in [0.05, 0.1) is 0 Å². The summed E-state index contributed by atoms with van der Waals surface area (Å²) in [6, 6.07) is -3.89. The molecule has 0 radical (unpaired) electrons. The van der Waals surface area contributed by atoms with E-state index in [4.69, 9.17) is 5.73 Å². The van der Waals surface area contributed by atoms with Gasteiger partial charge in [0.25, 0.3) is 5.91 Å². The Kier molecular flexibility index (Phi) is 12.5. The van der Waals surface area contributed by atoms with Crippen LogP contribution in [0, 0.1) is 23.7 Å². The van der Waals surface area contributed by atoms with Crippen molar-refractivity contribution in [3.8, 4) is 0 Å². The molecule has 3 amide bonds. The zero-order valence-electron chi connectivity index (χ0n) is 20.5. The molecule has 0 saturated carbocycles. The Bertz CT molecular complexity index is 650. The predicted molar refractivity (Wildman–Crippen MR) is 121 cm³/mol. The Labute approximate surface area is 191 Å². The Morgan fingerprint density at radius 1 is 0.688 bits per heavy atom. The molecule has 0 aromatic carbocycles. The molecule has 0 aliphatic heterocycles. The fourth-order valence-electron chi connectivity index (χ4n) is 3.18. The number of aliphatic hydroxyl groups excluding tert-OH is 1. The molecule has 0 fully saturated rings. The van der Waals surface area contributed by atoms with Crippen LogP contribution < -0.4 is 21.7 Å². The summed E-state index contributed by atoms with van der Waals surface area (Å²) in [5, 5.41) is 27.1. The second-order valence-corrected chi connectivity index (χ2v) is 9.77. The first-order valence-electron chi connectivity index (χ1n) is 11.2. The van der Waals surface area contributed by atoms with Crippen LogP contribution in [-0.4, -0.2) is 64.2 Å². The number of nitrogens with two attached hydrogens (primary N) is 1. The maximum atomic E-state index is 12.9. The highest BCUT2D eigenvalue weighted by atomic mass is 16.4. The van der Waals surface area contributed by atoms with Gasteiger partial charge < -0.3 is 31.9 Å². The predicted octanol–water partition coefficient (Wildman–Crippen LogP) is 0.228. The second-order valence-electron chi connectivity index (χ2n) is 9.77. The molecule has 0 aromatic heterocycles. The summed E-state index contributed by atoms with van der Waals surface area (Å²) in [5.41, 5.74) is 5.89. The summed E-state index contributed by atoms with van der Waals surface area (Å²) in [5.74, 6) is -4.00. The van der Waals surface area contributed by atoms with Crippen molar-refractivity contribution in [3.63, 3.8) is 0 Å². The fourth-order valence-corrected chi connectivity index (χ4v) is 3.18. The third-order valence-corrected chi connectivity index (χ3v) is 5.14. The molecule has 0 spiro atoms. The average molecular weight is 459 g/mol. The van der Waals surface area contributed by atoms with Crippen LogP contribution in [-0.2, 0) is 19.2 Å². The summed E-state index contributed by atoms with van der Waals surface area (Å²) in [7, 11) is 0. The lowest BCUT2D eigenvalue weighted by atomic mass is 9.97. The Morgan fingerprint density at radius 3 is 1.34 bits per heavy atom. The van der Waals surface area contributed by atoms with Crippen molar-refractivity contribution < 1.29 is 29.4 Å². The van der Waals surface area contributed by atoms with E-state index in [1.807, 2.05) is 13.8 Å². The van der Waals surface area contributed by atoms with Gasteiger partial charge in [0.1, 0.15) is 24.2 Å². The zero-order chi connectivity index (χ0) is 25.3. The van der Waals surface area contributed by atoms with E-state index in [1.165, 1.54) is 0 Å². The minimum atomic E-state index is -1.47. The van der Waals surface area contributed by atoms with Gasteiger partial charge in [-0.3, -0.25) is 14.4 Å². The number of carboxylic acids is 1. The quantitative estimate of drug-likeness (QED) is 0.229. The van der Waals surface area contributed by atoms with E-state index in [-0.39, 0.29) is 23.7 Å². The van der Waals surface area contributed by atoms with Crippen LogP contribution in [0.3, 0.4) is 0 Å². The smallest absolute Gasteiger partial charge is 0.326 e. The van der Waals surface area contributed by atoms with Crippen molar-refractivity contribution in [3.05, 3.63) is 0 Å². The van der Waals surface area contributed by atoms with Crippen LogP contribution in [0.25, 0.3) is 0 Å². The molecule has 5 atom stereocenters. The van der Waals surface area contributed by atoms with Gasteiger partial charge in [0.2, 0.25) is 11.8 Å². The van der Waals surface area contributed by atoms with Gasteiger partial charge in [-0.1, -0.05) is 55.4 Å². The van der Waals surface area contributed by atoms with E-state index in [0.29, 0.717) is 6.42 Å². The first-order valence-corrected chi connectivity index (χ1v) is 11.2. The molecule has 0 bridgehead atoms. The SMILES string of the molecule is CC(C)CC(N)C(O)C(=O)NC(C(=O)NC(C(=O)NC(C(=O)O)C(C)C)C(C)C)C(C)C. The third-order valence-electron chi connectivity index (χ3n) is 5.14. The summed E-state index contributed by atoms with van der Waals surface area (Å²) in [6.07, 6.45) is -1.04. The van der Waals surface area contributed by atoms with Gasteiger partial charge in [0, 0.05) is 6.04 Å². The highest BCUT2D eigenvalue weighted by Gasteiger charge is 2.34. The number of carbonyl (C=O) groups is 4.